The van der Waals surface area contributed by atoms with Crippen LogP contribution in [0, 0.1) is 5.82 Å². The quantitative estimate of drug-likeness (QED) is 0.317. The number of carbonyl (C=O) groups is 2. The maximum Gasteiger partial charge on any atom is 0.317 e. The number of fused-ring (bicyclic) bond motifs is 2. The average Bonchev–Trinajstić information content (AvgIpc) is 3.26. The van der Waals surface area contributed by atoms with Crippen molar-refractivity contribution in [2.24, 2.45) is 7.05 Å². The Balaban J connectivity index is 1.49. The third kappa shape index (κ3) is 5.35. The average molecular weight is 521 g/mol. The topological polar surface area (TPSA) is 126 Å². The summed E-state index contributed by atoms with van der Waals surface area (Å²) in [6.45, 7) is 6.43. The summed E-state index contributed by atoms with van der Waals surface area (Å²) in [5.74, 6) is -1.13. The second kappa shape index (κ2) is 10.6. The summed E-state index contributed by atoms with van der Waals surface area (Å²) in [6, 6.07) is 6.92. The van der Waals surface area contributed by atoms with Gasteiger partial charge in [0.2, 0.25) is 5.91 Å². The van der Waals surface area contributed by atoms with Crippen LogP contribution in [-0.2, 0) is 11.8 Å². The smallest absolute Gasteiger partial charge is 0.317 e. The van der Waals surface area contributed by atoms with Crippen LogP contribution in [0.4, 0.5) is 15.8 Å². The Morgan fingerprint density at radius 1 is 1.26 bits per heavy atom. The fraction of sp³-hybridized carbons (Fsp3) is 0.346. The molecule has 0 saturated carbocycles. The summed E-state index contributed by atoms with van der Waals surface area (Å²) >= 11 is 0. The Kier molecular flexibility index (Phi) is 7.05. The van der Waals surface area contributed by atoms with Crippen LogP contribution in [0.2, 0.25) is 0 Å². The number of aryl methyl sites for hydroxylation is 1. The van der Waals surface area contributed by atoms with Gasteiger partial charge in [0.25, 0.3) is 5.91 Å². The molecule has 11 nitrogen and oxygen atoms in total. The number of aromatic nitrogens is 4. The molecular weight excluding hydrogens is 491 g/mol. The van der Waals surface area contributed by atoms with Crippen molar-refractivity contribution in [2.75, 3.05) is 43.0 Å². The molecule has 4 aromatic rings. The minimum atomic E-state index is -0.524. The van der Waals surface area contributed by atoms with Gasteiger partial charge < -0.3 is 25.6 Å². The van der Waals surface area contributed by atoms with Gasteiger partial charge in [-0.2, -0.15) is 10.1 Å². The number of hydrogen-bond donors (Lipinski definition) is 3. The van der Waals surface area contributed by atoms with Crippen LogP contribution >= 0.6 is 0 Å². The van der Waals surface area contributed by atoms with Crippen LogP contribution in [0.15, 0.2) is 36.7 Å². The molecule has 1 aliphatic rings. The van der Waals surface area contributed by atoms with E-state index in [1.165, 1.54) is 17.7 Å². The molecule has 1 unspecified atom stereocenters. The summed E-state index contributed by atoms with van der Waals surface area (Å²) < 4.78 is 21.8. The maximum atomic E-state index is 14.6. The van der Waals surface area contributed by atoms with E-state index in [4.69, 9.17) is 4.74 Å². The van der Waals surface area contributed by atoms with E-state index in [0.29, 0.717) is 40.1 Å². The van der Waals surface area contributed by atoms with Gasteiger partial charge in [0, 0.05) is 74.2 Å². The lowest BCUT2D eigenvalue weighted by molar-refractivity contribution is -0.119. The third-order valence-electron chi connectivity index (χ3n) is 6.30. The van der Waals surface area contributed by atoms with Crippen molar-refractivity contribution in [1.29, 1.82) is 0 Å². The van der Waals surface area contributed by atoms with Crippen molar-refractivity contribution in [3.63, 3.8) is 0 Å². The number of piperazine rings is 1. The first kappa shape index (κ1) is 25.3. The van der Waals surface area contributed by atoms with Crippen LogP contribution in [-0.4, -0.2) is 70.4 Å². The second-order valence-electron chi connectivity index (χ2n) is 9.33. The molecule has 3 heterocycles. The largest absolute Gasteiger partial charge is 0.462 e. The van der Waals surface area contributed by atoms with Gasteiger partial charge in [0.1, 0.15) is 12.1 Å². The number of nitrogens with zero attached hydrogens (tertiary/aromatic N) is 5. The number of hydrogen-bond acceptors (Lipinski definition) is 8. The minimum Gasteiger partial charge on any atom is -0.462 e. The Hall–Kier alpha value is -4.32. The van der Waals surface area contributed by atoms with Crippen molar-refractivity contribution < 1.29 is 18.7 Å². The van der Waals surface area contributed by atoms with E-state index >= 15 is 0 Å². The molecule has 0 spiro atoms. The molecule has 0 bridgehead atoms. The standard InChI is InChI=1S/C26H29FN8O3/c1-15-13-35(8-6-28-15)22-5-4-19(24-20(22)12-30-26(32-24)38-9-7-29-16(2)36)25(37)31-18-10-17-14-34(3)33-23(17)21(27)11-18/h4-5,10-12,14-15,28H,6-9,13H2,1-3H3,(H,29,36)(H,31,37). The van der Waals surface area contributed by atoms with Crippen molar-refractivity contribution >= 4 is 45.0 Å². The molecule has 2 aromatic heterocycles. The highest BCUT2D eigenvalue weighted by Crippen LogP contribution is 2.31. The summed E-state index contributed by atoms with van der Waals surface area (Å²) in [7, 11) is 1.71. The van der Waals surface area contributed by atoms with Crippen molar-refractivity contribution in [3.05, 3.63) is 48.0 Å². The fourth-order valence-electron chi connectivity index (χ4n) is 4.62. The normalized spacial score (nSPS) is 15.6. The van der Waals surface area contributed by atoms with E-state index in [1.807, 2.05) is 6.07 Å². The van der Waals surface area contributed by atoms with Gasteiger partial charge in [-0.1, -0.05) is 0 Å². The van der Waals surface area contributed by atoms with E-state index in [0.717, 1.165) is 25.3 Å². The fourth-order valence-corrected chi connectivity index (χ4v) is 4.62. The Labute approximate surface area is 218 Å². The van der Waals surface area contributed by atoms with E-state index in [9.17, 15) is 14.0 Å². The summed E-state index contributed by atoms with van der Waals surface area (Å²) in [6.07, 6.45) is 3.33. The van der Waals surface area contributed by atoms with Crippen molar-refractivity contribution in [3.8, 4) is 6.01 Å². The van der Waals surface area contributed by atoms with Gasteiger partial charge in [-0.25, -0.2) is 9.37 Å². The van der Waals surface area contributed by atoms with E-state index in [2.05, 4.69) is 42.8 Å². The molecular formula is C26H29FN8O3. The van der Waals surface area contributed by atoms with Crippen molar-refractivity contribution in [1.82, 2.24) is 30.4 Å². The van der Waals surface area contributed by atoms with Gasteiger partial charge in [-0.15, -0.1) is 0 Å². The van der Waals surface area contributed by atoms with Crippen molar-refractivity contribution in [2.45, 2.75) is 19.9 Å². The highest BCUT2D eigenvalue weighted by Gasteiger charge is 2.22. The lowest BCUT2D eigenvalue weighted by Crippen LogP contribution is -2.49. The Bertz CT molecular complexity index is 1520. The molecule has 2 amide bonds. The van der Waals surface area contributed by atoms with E-state index in [-0.39, 0.29) is 24.0 Å². The number of rotatable bonds is 7. The summed E-state index contributed by atoms with van der Waals surface area (Å²) in [4.78, 5) is 35.7. The first-order valence-electron chi connectivity index (χ1n) is 12.4. The van der Waals surface area contributed by atoms with Crippen LogP contribution in [0.5, 0.6) is 6.01 Å². The van der Waals surface area contributed by atoms with Gasteiger partial charge in [0.05, 0.1) is 17.6 Å². The SMILES string of the molecule is CC(=O)NCCOc1ncc2c(N3CCNC(C)C3)ccc(C(=O)Nc3cc(F)c4nn(C)cc4c3)c2n1. The molecule has 5 rings (SSSR count). The zero-order valence-corrected chi connectivity index (χ0v) is 21.4. The Morgan fingerprint density at radius 3 is 2.89 bits per heavy atom. The zero-order chi connectivity index (χ0) is 26.8. The van der Waals surface area contributed by atoms with Crippen LogP contribution < -0.4 is 25.6 Å². The van der Waals surface area contributed by atoms with Gasteiger partial charge >= 0.3 is 6.01 Å². The first-order chi connectivity index (χ1) is 18.3. The summed E-state index contributed by atoms with van der Waals surface area (Å²) in [5.41, 5.74) is 2.17. The highest BCUT2D eigenvalue weighted by molar-refractivity contribution is 6.14. The molecule has 198 valence electrons. The molecule has 0 aliphatic carbocycles. The van der Waals surface area contributed by atoms with Crippen LogP contribution in [0.1, 0.15) is 24.2 Å². The maximum absolute atomic E-state index is 14.6. The first-order valence-corrected chi connectivity index (χ1v) is 12.4. The molecule has 38 heavy (non-hydrogen) atoms. The minimum absolute atomic E-state index is 0.0885. The highest BCUT2D eigenvalue weighted by atomic mass is 19.1. The molecule has 1 fully saturated rings. The molecule has 1 saturated heterocycles. The molecule has 0 radical (unpaired) electrons. The lowest BCUT2D eigenvalue weighted by Gasteiger charge is -2.34. The number of amides is 2. The van der Waals surface area contributed by atoms with E-state index < -0.39 is 11.7 Å². The van der Waals surface area contributed by atoms with Gasteiger partial charge in [-0.3, -0.25) is 14.3 Å². The monoisotopic (exact) mass is 520 g/mol. The molecule has 1 atom stereocenters. The second-order valence-corrected chi connectivity index (χ2v) is 9.33. The predicted molar refractivity (Wildman–Crippen MR) is 142 cm³/mol. The lowest BCUT2D eigenvalue weighted by atomic mass is 10.1. The van der Waals surface area contributed by atoms with E-state index in [1.54, 1.807) is 31.6 Å². The number of nitrogens with one attached hydrogen (secondary N) is 3. The number of benzene rings is 2. The number of carbonyl (C=O) groups excluding carboxylic acids is 2. The molecule has 1 aliphatic heterocycles. The molecule has 3 N–H and O–H groups in total. The molecule has 12 heteroatoms. The number of anilines is 2. The third-order valence-corrected chi connectivity index (χ3v) is 6.30. The number of halogens is 1. The number of ether oxygens (including phenoxy) is 1. The zero-order valence-electron chi connectivity index (χ0n) is 21.4. The predicted octanol–water partition coefficient (Wildman–Crippen LogP) is 2.22. The van der Waals surface area contributed by atoms with Gasteiger partial charge in [-0.05, 0) is 31.2 Å². The summed E-state index contributed by atoms with van der Waals surface area (Å²) in [5, 5.41) is 14.3. The van der Waals surface area contributed by atoms with Gasteiger partial charge in [0.15, 0.2) is 5.82 Å². The van der Waals surface area contributed by atoms with Crippen LogP contribution in [0.25, 0.3) is 21.8 Å². The Morgan fingerprint density at radius 2 is 2.11 bits per heavy atom. The molecule has 2 aromatic carbocycles. The van der Waals surface area contributed by atoms with Crippen LogP contribution in [0.3, 0.4) is 0 Å².